The Kier molecular flexibility index (Phi) is 3.91. The number of aromatic amines is 1. The first kappa shape index (κ1) is 15.6. The third kappa shape index (κ3) is 2.62. The molecule has 3 aromatic rings. The molecule has 9 heteroatoms. The van der Waals surface area contributed by atoms with E-state index in [0.717, 1.165) is 0 Å². The number of rotatable bonds is 2. The molecule has 120 valence electrons. The fourth-order valence-electron chi connectivity index (χ4n) is 2.30. The number of aromatic nitrogens is 3. The molecule has 0 aliphatic rings. The molecule has 0 bridgehead atoms. The number of halogens is 2. The highest BCUT2D eigenvalue weighted by Gasteiger charge is 2.19. The van der Waals surface area contributed by atoms with Gasteiger partial charge >= 0.3 is 6.16 Å². The van der Waals surface area contributed by atoms with E-state index in [4.69, 9.17) is 32.7 Å². The molecule has 23 heavy (non-hydrogen) atoms. The highest BCUT2D eigenvalue weighted by atomic mass is 35.5. The minimum atomic E-state index is -0.895. The Labute approximate surface area is 139 Å². The first-order valence-electron chi connectivity index (χ1n) is 6.67. The first-order valence-corrected chi connectivity index (χ1v) is 7.42. The van der Waals surface area contributed by atoms with Crippen LogP contribution in [0, 0.1) is 6.92 Å². The van der Waals surface area contributed by atoms with Crippen LogP contribution in [-0.2, 0) is 4.74 Å². The minimum absolute atomic E-state index is 0.0209. The lowest BCUT2D eigenvalue weighted by Crippen LogP contribution is -2.11. The smallest absolute Gasteiger partial charge is 0.434 e. The van der Waals surface area contributed by atoms with Gasteiger partial charge in [-0.2, -0.15) is 4.98 Å². The average molecular weight is 356 g/mol. The van der Waals surface area contributed by atoms with Gasteiger partial charge < -0.3 is 14.5 Å². The number of hydrogen-bond donors (Lipinski definition) is 1. The number of imidazole rings is 1. The second-order valence-corrected chi connectivity index (χ2v) is 5.53. The van der Waals surface area contributed by atoms with E-state index in [2.05, 4.69) is 9.97 Å². The van der Waals surface area contributed by atoms with Gasteiger partial charge in [0.15, 0.2) is 0 Å². The maximum Gasteiger partial charge on any atom is 0.515 e. The number of aryl methyl sites for hydroxylation is 1. The molecule has 0 unspecified atom stereocenters. The van der Waals surface area contributed by atoms with Crippen molar-refractivity contribution < 1.29 is 14.3 Å². The molecule has 0 radical (unpaired) electrons. The van der Waals surface area contributed by atoms with Gasteiger partial charge in [-0.15, -0.1) is 0 Å². The molecule has 0 aliphatic heterocycles. The quantitative estimate of drug-likeness (QED) is 0.712. The molecule has 0 fully saturated rings. The van der Waals surface area contributed by atoms with E-state index in [1.807, 2.05) is 0 Å². The van der Waals surface area contributed by atoms with Crippen molar-refractivity contribution >= 4 is 46.0 Å². The summed E-state index contributed by atoms with van der Waals surface area (Å²) in [5, 5.41) is 0.718. The van der Waals surface area contributed by atoms with Gasteiger partial charge in [0.1, 0.15) is 0 Å². The summed E-state index contributed by atoms with van der Waals surface area (Å²) in [4.78, 5) is 30.4. The van der Waals surface area contributed by atoms with E-state index in [1.54, 1.807) is 26.0 Å². The van der Waals surface area contributed by atoms with Crippen LogP contribution in [0.15, 0.2) is 16.9 Å². The lowest BCUT2D eigenvalue weighted by molar-refractivity contribution is 0.102. The number of nitrogens with one attached hydrogen (secondary N) is 1. The summed E-state index contributed by atoms with van der Waals surface area (Å²) in [5.74, 6) is -0.0209. The Morgan fingerprint density at radius 1 is 1.39 bits per heavy atom. The van der Waals surface area contributed by atoms with Gasteiger partial charge in [0.25, 0.3) is 5.56 Å². The maximum absolute atomic E-state index is 12.2. The number of fused-ring (bicyclic) bond motifs is 3. The van der Waals surface area contributed by atoms with Crippen LogP contribution in [0.4, 0.5) is 4.79 Å². The summed E-state index contributed by atoms with van der Waals surface area (Å²) in [6.45, 7) is 3.47. The number of ether oxygens (including phenoxy) is 2. The molecule has 0 saturated heterocycles. The molecule has 2 heterocycles. The summed E-state index contributed by atoms with van der Waals surface area (Å²) in [5.41, 5.74) is 0.988. The zero-order chi connectivity index (χ0) is 16.7. The fraction of sp³-hybridized carbons (Fsp3) is 0.214. The largest absolute Gasteiger partial charge is 0.515 e. The predicted octanol–water partition coefficient (Wildman–Crippen LogP) is 3.33. The lowest BCUT2D eigenvalue weighted by Gasteiger charge is -2.06. The van der Waals surface area contributed by atoms with Crippen LogP contribution in [-0.4, -0.2) is 27.1 Å². The molecule has 0 atom stereocenters. The molecule has 1 aromatic carbocycles. The monoisotopic (exact) mass is 355 g/mol. The van der Waals surface area contributed by atoms with Crippen molar-refractivity contribution in [1.82, 2.24) is 14.4 Å². The van der Waals surface area contributed by atoms with Crippen LogP contribution in [0.3, 0.4) is 0 Å². The number of nitrogens with zero attached hydrogens (tertiary/aromatic N) is 2. The van der Waals surface area contributed by atoms with E-state index >= 15 is 0 Å². The summed E-state index contributed by atoms with van der Waals surface area (Å²) in [6.07, 6.45) is -0.895. The maximum atomic E-state index is 12.2. The minimum Gasteiger partial charge on any atom is -0.434 e. The SMILES string of the molecule is CCOC(=O)Oc1nc2c(=O)[nH]c3cc(Cl)cc(Cl)c3n2c1C. The predicted molar refractivity (Wildman–Crippen MR) is 85.7 cm³/mol. The van der Waals surface area contributed by atoms with E-state index in [0.29, 0.717) is 26.8 Å². The van der Waals surface area contributed by atoms with Crippen molar-refractivity contribution in [1.29, 1.82) is 0 Å². The summed E-state index contributed by atoms with van der Waals surface area (Å²) < 4.78 is 11.3. The normalized spacial score (nSPS) is 11.1. The molecule has 1 N–H and O–H groups in total. The third-order valence-corrected chi connectivity index (χ3v) is 3.72. The van der Waals surface area contributed by atoms with E-state index in [-0.39, 0.29) is 18.1 Å². The fourth-order valence-corrected chi connectivity index (χ4v) is 2.88. The van der Waals surface area contributed by atoms with E-state index in [1.165, 1.54) is 4.40 Å². The van der Waals surface area contributed by atoms with Crippen molar-refractivity contribution in [2.75, 3.05) is 6.61 Å². The molecule has 0 aliphatic carbocycles. The van der Waals surface area contributed by atoms with Crippen LogP contribution in [0.1, 0.15) is 12.6 Å². The van der Waals surface area contributed by atoms with Crippen molar-refractivity contribution in [3.63, 3.8) is 0 Å². The average Bonchev–Trinajstić information content (AvgIpc) is 2.77. The second kappa shape index (κ2) is 5.75. The molecular weight excluding hydrogens is 345 g/mol. The first-order chi connectivity index (χ1) is 10.9. The molecule has 7 nitrogen and oxygen atoms in total. The highest BCUT2D eigenvalue weighted by Crippen LogP contribution is 2.29. The van der Waals surface area contributed by atoms with Crippen LogP contribution < -0.4 is 10.3 Å². The van der Waals surface area contributed by atoms with Crippen molar-refractivity contribution in [3.05, 3.63) is 38.2 Å². The molecule has 0 amide bonds. The summed E-state index contributed by atoms with van der Waals surface area (Å²) >= 11 is 12.2. The standard InChI is InChI=1S/C14H11Cl2N3O4/c1-3-22-14(21)23-13-6(2)19-10-8(16)4-7(15)5-9(10)17-12(20)11(19)18-13/h4-5H,3H2,1-2H3,(H,17,20). The molecular formula is C14H11Cl2N3O4. The number of carbonyl (C=O) groups is 1. The highest BCUT2D eigenvalue weighted by molar-refractivity contribution is 6.38. The molecule has 0 saturated carbocycles. The second-order valence-electron chi connectivity index (χ2n) is 4.68. The van der Waals surface area contributed by atoms with E-state index in [9.17, 15) is 9.59 Å². The summed E-state index contributed by atoms with van der Waals surface area (Å²) in [7, 11) is 0. The molecule has 3 rings (SSSR count). The van der Waals surface area contributed by atoms with Crippen molar-refractivity contribution in [3.8, 4) is 5.88 Å². The number of carbonyl (C=O) groups excluding carboxylic acids is 1. The Balaban J connectivity index is 2.31. The molecule has 2 aromatic heterocycles. The number of hydrogen-bond acceptors (Lipinski definition) is 5. The van der Waals surface area contributed by atoms with Crippen LogP contribution >= 0.6 is 23.2 Å². The Morgan fingerprint density at radius 3 is 2.83 bits per heavy atom. The van der Waals surface area contributed by atoms with Gasteiger partial charge in [-0.05, 0) is 26.0 Å². The van der Waals surface area contributed by atoms with Crippen LogP contribution in [0.2, 0.25) is 10.0 Å². The van der Waals surface area contributed by atoms with Gasteiger partial charge in [-0.1, -0.05) is 23.2 Å². The van der Waals surface area contributed by atoms with Gasteiger partial charge in [0.05, 0.1) is 28.4 Å². The zero-order valence-corrected chi connectivity index (χ0v) is 13.7. The van der Waals surface area contributed by atoms with Crippen molar-refractivity contribution in [2.24, 2.45) is 0 Å². The van der Waals surface area contributed by atoms with Crippen LogP contribution in [0.5, 0.6) is 5.88 Å². The summed E-state index contributed by atoms with van der Waals surface area (Å²) in [6, 6.07) is 3.13. The lowest BCUT2D eigenvalue weighted by atomic mass is 10.3. The van der Waals surface area contributed by atoms with Gasteiger partial charge in [-0.25, -0.2) is 4.79 Å². The molecule has 0 spiro atoms. The Bertz CT molecular complexity index is 993. The van der Waals surface area contributed by atoms with Gasteiger partial charge in [0, 0.05) is 5.02 Å². The van der Waals surface area contributed by atoms with Crippen LogP contribution in [0.25, 0.3) is 16.7 Å². The van der Waals surface area contributed by atoms with Crippen molar-refractivity contribution in [2.45, 2.75) is 13.8 Å². The third-order valence-electron chi connectivity index (χ3n) is 3.21. The zero-order valence-electron chi connectivity index (χ0n) is 12.1. The van der Waals surface area contributed by atoms with Gasteiger partial charge in [-0.3, -0.25) is 9.20 Å². The Morgan fingerprint density at radius 2 is 2.13 bits per heavy atom. The Hall–Kier alpha value is -2.25. The topological polar surface area (TPSA) is 85.7 Å². The van der Waals surface area contributed by atoms with E-state index < -0.39 is 11.7 Å². The number of H-pyrrole nitrogens is 1. The number of benzene rings is 1. The van der Waals surface area contributed by atoms with Gasteiger partial charge in [0.2, 0.25) is 11.5 Å².